The zero-order valence-corrected chi connectivity index (χ0v) is 10.8. The molecule has 6 nitrogen and oxygen atoms in total. The molecule has 1 rings (SSSR count). The van der Waals surface area contributed by atoms with E-state index in [1.807, 2.05) is 0 Å². The van der Waals surface area contributed by atoms with Gasteiger partial charge in [0.15, 0.2) is 0 Å². The zero-order valence-electron chi connectivity index (χ0n) is 10.8. The highest BCUT2D eigenvalue weighted by molar-refractivity contribution is 5.85. The summed E-state index contributed by atoms with van der Waals surface area (Å²) >= 11 is 0. The Balaban J connectivity index is 2.24. The summed E-state index contributed by atoms with van der Waals surface area (Å²) < 4.78 is 10.9. The molecule has 1 aliphatic rings. The van der Waals surface area contributed by atoms with Crippen molar-refractivity contribution < 1.29 is 24.2 Å². The number of ether oxygens (including phenoxy) is 2. The minimum absolute atomic E-state index is 0.0471. The predicted molar refractivity (Wildman–Crippen MR) is 64.2 cm³/mol. The van der Waals surface area contributed by atoms with E-state index in [4.69, 9.17) is 14.6 Å². The number of aliphatic carboxylic acids is 1. The van der Waals surface area contributed by atoms with Gasteiger partial charge in [-0.25, -0.2) is 0 Å². The minimum atomic E-state index is -1.06. The summed E-state index contributed by atoms with van der Waals surface area (Å²) in [6, 6.07) is -0.908. The molecule has 1 fully saturated rings. The predicted octanol–water partition coefficient (Wildman–Crippen LogP) is 0.550. The number of nitrogens with one attached hydrogen (secondary N) is 1. The van der Waals surface area contributed by atoms with E-state index in [0.29, 0.717) is 6.61 Å². The van der Waals surface area contributed by atoms with Gasteiger partial charge in [-0.3, -0.25) is 9.59 Å². The fraction of sp³-hybridized carbons (Fsp3) is 0.833. The topological polar surface area (TPSA) is 84.9 Å². The van der Waals surface area contributed by atoms with Gasteiger partial charge in [-0.2, -0.15) is 0 Å². The number of amides is 1. The largest absolute Gasteiger partial charge is 0.480 e. The fourth-order valence-electron chi connectivity index (χ4n) is 1.66. The highest BCUT2D eigenvalue weighted by Crippen LogP contribution is 2.13. The molecule has 0 spiro atoms. The second-order valence-corrected chi connectivity index (χ2v) is 4.53. The normalized spacial score (nSPS) is 23.1. The number of carboxylic acids is 1. The Bertz CT molecular complexity index is 288. The molecule has 1 heterocycles. The van der Waals surface area contributed by atoms with Gasteiger partial charge in [0.05, 0.1) is 12.7 Å². The maximum Gasteiger partial charge on any atom is 0.325 e. The van der Waals surface area contributed by atoms with Crippen LogP contribution < -0.4 is 5.32 Å². The monoisotopic (exact) mass is 259 g/mol. The molecule has 0 bridgehead atoms. The van der Waals surface area contributed by atoms with E-state index >= 15 is 0 Å². The van der Waals surface area contributed by atoms with Crippen LogP contribution in [0.25, 0.3) is 0 Å². The molecule has 2 N–H and O–H groups in total. The number of hydrogen-bond acceptors (Lipinski definition) is 4. The summed E-state index contributed by atoms with van der Waals surface area (Å²) in [5, 5.41) is 11.0. The first-order valence-electron chi connectivity index (χ1n) is 6.27. The van der Waals surface area contributed by atoms with Crippen molar-refractivity contribution in [1.29, 1.82) is 0 Å². The smallest absolute Gasteiger partial charge is 0.325 e. The van der Waals surface area contributed by atoms with Crippen LogP contribution in [-0.4, -0.2) is 48.4 Å². The number of carboxylic acid groups (broad SMARTS) is 1. The second kappa shape index (κ2) is 7.33. The molecule has 1 amide bonds. The highest BCUT2D eigenvalue weighted by Gasteiger charge is 2.21. The highest BCUT2D eigenvalue weighted by atomic mass is 16.5. The zero-order chi connectivity index (χ0) is 13.5. The molecule has 104 valence electrons. The van der Waals surface area contributed by atoms with E-state index < -0.39 is 24.0 Å². The van der Waals surface area contributed by atoms with Crippen molar-refractivity contribution in [3.05, 3.63) is 0 Å². The van der Waals surface area contributed by atoms with E-state index in [1.54, 1.807) is 6.92 Å². The van der Waals surface area contributed by atoms with Crippen LogP contribution >= 0.6 is 0 Å². The number of hydrogen-bond donors (Lipinski definition) is 2. The maximum atomic E-state index is 11.6. The lowest BCUT2D eigenvalue weighted by molar-refractivity contribution is -0.144. The minimum Gasteiger partial charge on any atom is -0.480 e. The van der Waals surface area contributed by atoms with Crippen LogP contribution in [0.1, 0.15) is 33.1 Å². The van der Waals surface area contributed by atoms with E-state index in [0.717, 1.165) is 25.9 Å². The second-order valence-electron chi connectivity index (χ2n) is 4.53. The molecule has 18 heavy (non-hydrogen) atoms. The molecule has 0 aromatic carbocycles. The van der Waals surface area contributed by atoms with Gasteiger partial charge in [-0.1, -0.05) is 0 Å². The van der Waals surface area contributed by atoms with Crippen molar-refractivity contribution in [2.45, 2.75) is 51.4 Å². The van der Waals surface area contributed by atoms with Crippen LogP contribution in [0.4, 0.5) is 0 Å². The number of carbonyl (C=O) groups excluding carboxylic acids is 1. The maximum absolute atomic E-state index is 11.6. The first kappa shape index (κ1) is 14.9. The Hall–Kier alpha value is -1.14. The van der Waals surface area contributed by atoms with Crippen LogP contribution in [0.3, 0.4) is 0 Å². The van der Waals surface area contributed by atoms with Gasteiger partial charge >= 0.3 is 5.97 Å². The summed E-state index contributed by atoms with van der Waals surface area (Å²) in [4.78, 5) is 22.2. The van der Waals surface area contributed by atoms with Gasteiger partial charge in [0.25, 0.3) is 0 Å². The molecule has 1 aliphatic heterocycles. The Morgan fingerprint density at radius 1 is 1.44 bits per heavy atom. The van der Waals surface area contributed by atoms with Gasteiger partial charge in [0.2, 0.25) is 5.91 Å². The summed E-state index contributed by atoms with van der Waals surface area (Å²) in [7, 11) is 0. The van der Waals surface area contributed by atoms with Crippen LogP contribution in [0.5, 0.6) is 0 Å². The average Bonchev–Trinajstić information content (AvgIpc) is 2.36. The van der Waals surface area contributed by atoms with Crippen LogP contribution in [0.2, 0.25) is 0 Å². The molecule has 0 unspecified atom stereocenters. The summed E-state index contributed by atoms with van der Waals surface area (Å²) in [6.07, 6.45) is 2.51. The van der Waals surface area contributed by atoms with Crippen LogP contribution in [0.15, 0.2) is 0 Å². The van der Waals surface area contributed by atoms with E-state index in [-0.39, 0.29) is 6.10 Å². The lowest BCUT2D eigenvalue weighted by atomic mass is 10.1. The molecule has 1 saturated heterocycles. The third kappa shape index (κ3) is 5.01. The quantitative estimate of drug-likeness (QED) is 0.727. The average molecular weight is 259 g/mol. The van der Waals surface area contributed by atoms with E-state index in [1.165, 1.54) is 6.92 Å². The Labute approximate surface area is 107 Å². The molecular formula is C12H21NO5. The van der Waals surface area contributed by atoms with Gasteiger partial charge in [0.1, 0.15) is 12.1 Å². The van der Waals surface area contributed by atoms with Crippen molar-refractivity contribution in [1.82, 2.24) is 5.32 Å². The SMILES string of the molecule is C[C@H](OC[C@@H]1CCCCO1)C(=O)N[C@H](C)C(=O)O. The van der Waals surface area contributed by atoms with Crippen LogP contribution in [-0.2, 0) is 19.1 Å². The molecule has 0 saturated carbocycles. The Morgan fingerprint density at radius 3 is 2.72 bits per heavy atom. The van der Waals surface area contributed by atoms with E-state index in [2.05, 4.69) is 5.32 Å². The van der Waals surface area contributed by atoms with Gasteiger partial charge in [-0.15, -0.1) is 0 Å². The molecule has 6 heteroatoms. The lowest BCUT2D eigenvalue weighted by Gasteiger charge is -2.24. The van der Waals surface area contributed by atoms with Crippen molar-refractivity contribution in [3.63, 3.8) is 0 Å². The molecule has 3 atom stereocenters. The van der Waals surface area contributed by atoms with Gasteiger partial charge in [-0.05, 0) is 33.1 Å². The van der Waals surface area contributed by atoms with Gasteiger partial charge in [0, 0.05) is 6.61 Å². The molecule has 0 aliphatic carbocycles. The molecule has 0 aromatic heterocycles. The standard InChI is InChI=1S/C12H21NO5/c1-8(12(15)16)13-11(14)9(2)18-7-10-5-3-4-6-17-10/h8-10H,3-7H2,1-2H3,(H,13,14)(H,15,16)/t8-,9+,10+/m1/s1. The fourth-order valence-corrected chi connectivity index (χ4v) is 1.66. The first-order chi connectivity index (χ1) is 8.50. The molecule has 0 aromatic rings. The number of carbonyl (C=O) groups is 2. The van der Waals surface area contributed by atoms with Crippen molar-refractivity contribution in [2.24, 2.45) is 0 Å². The summed E-state index contributed by atoms with van der Waals surface area (Å²) in [5.41, 5.74) is 0. The lowest BCUT2D eigenvalue weighted by Crippen LogP contribution is -2.44. The van der Waals surface area contributed by atoms with Crippen molar-refractivity contribution in [2.75, 3.05) is 13.2 Å². The third-order valence-corrected chi connectivity index (χ3v) is 2.90. The first-order valence-corrected chi connectivity index (χ1v) is 6.27. The van der Waals surface area contributed by atoms with Crippen LogP contribution in [0, 0.1) is 0 Å². The van der Waals surface area contributed by atoms with Crippen molar-refractivity contribution >= 4 is 11.9 Å². The molecular weight excluding hydrogens is 238 g/mol. The summed E-state index contributed by atoms with van der Waals surface area (Å²) in [6.45, 7) is 4.13. The number of rotatable bonds is 6. The Kier molecular flexibility index (Phi) is 6.07. The van der Waals surface area contributed by atoms with E-state index in [9.17, 15) is 9.59 Å². The van der Waals surface area contributed by atoms with Gasteiger partial charge < -0.3 is 19.9 Å². The summed E-state index contributed by atoms with van der Waals surface area (Å²) in [5.74, 6) is -1.48. The Morgan fingerprint density at radius 2 is 2.17 bits per heavy atom. The third-order valence-electron chi connectivity index (χ3n) is 2.90. The molecule has 0 radical (unpaired) electrons. The van der Waals surface area contributed by atoms with Crippen molar-refractivity contribution in [3.8, 4) is 0 Å².